The molecule has 11 heteroatoms. The van der Waals surface area contributed by atoms with Crippen LogP contribution in [0.1, 0.15) is 12.6 Å². The monoisotopic (exact) mass is 355 g/mol. The lowest BCUT2D eigenvalue weighted by atomic mass is 10.2. The molecule has 3 atom stereocenters. The minimum atomic E-state index is -0.886. The minimum Gasteiger partial charge on any atom is -0.492 e. The van der Waals surface area contributed by atoms with Crippen molar-refractivity contribution in [1.29, 1.82) is 0 Å². The molecule has 0 radical (unpaired) electrons. The van der Waals surface area contributed by atoms with Crippen molar-refractivity contribution < 1.29 is 20.1 Å². The molecule has 1 aliphatic rings. The molecule has 10 nitrogen and oxygen atoms in total. The zero-order chi connectivity index (χ0) is 17.4. The Morgan fingerprint density at radius 1 is 1.50 bits per heavy atom. The van der Waals surface area contributed by atoms with Gasteiger partial charge in [0.2, 0.25) is 5.88 Å². The van der Waals surface area contributed by atoms with E-state index in [0.29, 0.717) is 0 Å². The molecule has 3 N–H and O–H groups in total. The van der Waals surface area contributed by atoms with Crippen LogP contribution >= 0.6 is 11.3 Å². The summed E-state index contributed by atoms with van der Waals surface area (Å²) in [5, 5.41) is 29.1. The molecule has 1 saturated heterocycles. The van der Waals surface area contributed by atoms with Gasteiger partial charge < -0.3 is 25.0 Å². The average molecular weight is 355 g/mol. The second kappa shape index (κ2) is 6.43. The number of ether oxygens (including phenoxy) is 1. The number of aromatic nitrogens is 3. The maximum atomic E-state index is 12.3. The SMILES string of the molecule is CN(C)/C=N\c1nc(O)c2sc(=O)n([C@H]3C[C@H](O)[C@@H](CO)O3)c2n1. The Bertz CT molecular complexity index is 832. The van der Waals surface area contributed by atoms with Crippen LogP contribution in [0.4, 0.5) is 5.95 Å². The Labute approximate surface area is 140 Å². The Kier molecular flexibility index (Phi) is 4.49. The van der Waals surface area contributed by atoms with E-state index in [-0.39, 0.29) is 35.2 Å². The van der Waals surface area contributed by atoms with Crippen LogP contribution in [-0.2, 0) is 4.74 Å². The molecule has 0 aliphatic carbocycles. The van der Waals surface area contributed by atoms with Crippen molar-refractivity contribution >= 4 is 34.0 Å². The minimum absolute atomic E-state index is 0.00231. The standard InChI is InChI=1S/C13H17N5O5S/c1-17(2)5-14-12-15-10-9(11(21)16-12)24-13(22)18(10)8-3-6(20)7(4-19)23-8/h5-8,19-20H,3-4H2,1-2H3,(H,15,16,21)/b14-5-/t6-,7+,8+/m0/s1. The number of nitrogens with zero attached hydrogens (tertiary/aromatic N) is 5. The Balaban J connectivity index is 2.08. The van der Waals surface area contributed by atoms with Gasteiger partial charge in [-0.3, -0.25) is 9.36 Å². The summed E-state index contributed by atoms with van der Waals surface area (Å²) in [6.45, 7) is -0.354. The number of aromatic hydroxyl groups is 1. The molecule has 3 heterocycles. The van der Waals surface area contributed by atoms with Crippen LogP contribution in [-0.4, -0.2) is 74.0 Å². The molecule has 0 unspecified atom stereocenters. The van der Waals surface area contributed by atoms with Gasteiger partial charge >= 0.3 is 4.87 Å². The summed E-state index contributed by atoms with van der Waals surface area (Å²) in [5.74, 6) is -0.346. The van der Waals surface area contributed by atoms with Crippen LogP contribution in [0.25, 0.3) is 10.3 Å². The van der Waals surface area contributed by atoms with Crippen molar-refractivity contribution in [2.45, 2.75) is 24.9 Å². The van der Waals surface area contributed by atoms with Gasteiger partial charge in [0.1, 0.15) is 17.0 Å². The van der Waals surface area contributed by atoms with Gasteiger partial charge in [-0.15, -0.1) is 0 Å². The van der Waals surface area contributed by atoms with E-state index in [9.17, 15) is 20.1 Å². The topological polar surface area (TPSA) is 133 Å². The summed E-state index contributed by atoms with van der Waals surface area (Å²) in [6, 6.07) is 0. The third-order valence-electron chi connectivity index (χ3n) is 3.51. The van der Waals surface area contributed by atoms with E-state index in [2.05, 4.69) is 15.0 Å². The predicted octanol–water partition coefficient (Wildman–Crippen LogP) is -0.579. The summed E-state index contributed by atoms with van der Waals surface area (Å²) in [5.41, 5.74) is 0.180. The van der Waals surface area contributed by atoms with E-state index in [4.69, 9.17) is 4.74 Å². The molecular weight excluding hydrogens is 338 g/mol. The predicted molar refractivity (Wildman–Crippen MR) is 86.8 cm³/mol. The molecule has 0 saturated carbocycles. The van der Waals surface area contributed by atoms with E-state index in [1.807, 2.05) is 0 Å². The van der Waals surface area contributed by atoms with E-state index >= 15 is 0 Å². The molecule has 1 fully saturated rings. The lowest BCUT2D eigenvalue weighted by molar-refractivity contribution is -0.0437. The highest BCUT2D eigenvalue weighted by Crippen LogP contribution is 2.33. The normalized spacial score (nSPS) is 24.2. The van der Waals surface area contributed by atoms with Crippen LogP contribution in [0.2, 0.25) is 0 Å². The third-order valence-corrected chi connectivity index (χ3v) is 4.45. The number of rotatable bonds is 4. The zero-order valence-corrected chi connectivity index (χ0v) is 13.8. The molecule has 0 amide bonds. The highest BCUT2D eigenvalue weighted by Gasteiger charge is 2.36. The van der Waals surface area contributed by atoms with Crippen LogP contribution in [0.3, 0.4) is 0 Å². The van der Waals surface area contributed by atoms with Crippen LogP contribution in [0.5, 0.6) is 5.88 Å². The maximum absolute atomic E-state index is 12.3. The van der Waals surface area contributed by atoms with Gasteiger partial charge in [-0.2, -0.15) is 9.97 Å². The largest absolute Gasteiger partial charge is 0.492 e. The van der Waals surface area contributed by atoms with Crippen molar-refractivity contribution in [3.63, 3.8) is 0 Å². The number of hydrogen-bond acceptors (Lipinski definition) is 9. The lowest BCUT2D eigenvalue weighted by Gasteiger charge is -2.13. The van der Waals surface area contributed by atoms with E-state index in [0.717, 1.165) is 11.3 Å². The number of fused-ring (bicyclic) bond motifs is 1. The average Bonchev–Trinajstić information content (AvgIpc) is 3.04. The number of aliphatic hydroxyl groups is 2. The highest BCUT2D eigenvalue weighted by atomic mass is 32.1. The molecule has 0 spiro atoms. The number of aliphatic imine (C=N–C) groups is 1. The van der Waals surface area contributed by atoms with Gasteiger partial charge in [0, 0.05) is 20.5 Å². The van der Waals surface area contributed by atoms with Gasteiger partial charge in [-0.05, 0) is 0 Å². The van der Waals surface area contributed by atoms with Crippen molar-refractivity contribution in [3.8, 4) is 5.88 Å². The zero-order valence-electron chi connectivity index (χ0n) is 13.0. The van der Waals surface area contributed by atoms with Crippen LogP contribution in [0.15, 0.2) is 9.79 Å². The molecule has 2 aromatic rings. The molecule has 0 bridgehead atoms. The molecule has 2 aromatic heterocycles. The fraction of sp³-hybridized carbons (Fsp3) is 0.538. The highest BCUT2D eigenvalue weighted by molar-refractivity contribution is 7.16. The molecular formula is C13H17N5O5S. The lowest BCUT2D eigenvalue weighted by Crippen LogP contribution is -2.24. The second-order valence-electron chi connectivity index (χ2n) is 5.56. The van der Waals surface area contributed by atoms with Crippen molar-refractivity contribution in [2.75, 3.05) is 20.7 Å². The summed E-state index contributed by atoms with van der Waals surface area (Å²) in [7, 11) is 3.54. The third kappa shape index (κ3) is 2.98. The Morgan fingerprint density at radius 2 is 2.25 bits per heavy atom. The summed E-state index contributed by atoms with van der Waals surface area (Å²) in [6.07, 6.45) is -0.828. The van der Waals surface area contributed by atoms with Gasteiger partial charge in [0.15, 0.2) is 5.65 Å². The summed E-state index contributed by atoms with van der Waals surface area (Å²) < 4.78 is 6.98. The number of hydrogen-bond donors (Lipinski definition) is 3. The van der Waals surface area contributed by atoms with Gasteiger partial charge in [-0.1, -0.05) is 11.3 Å². The number of aliphatic hydroxyl groups excluding tert-OH is 2. The van der Waals surface area contributed by atoms with Gasteiger partial charge in [0.25, 0.3) is 5.95 Å². The van der Waals surface area contributed by atoms with E-state index < -0.39 is 23.3 Å². The maximum Gasteiger partial charge on any atom is 0.311 e. The summed E-state index contributed by atoms with van der Waals surface area (Å²) >= 11 is 0.781. The smallest absolute Gasteiger partial charge is 0.311 e. The summed E-state index contributed by atoms with van der Waals surface area (Å²) in [4.78, 5) is 25.6. The van der Waals surface area contributed by atoms with Crippen LogP contribution in [0, 0.1) is 0 Å². The molecule has 130 valence electrons. The first-order chi connectivity index (χ1) is 11.4. The Hall–Kier alpha value is -2.08. The first-order valence-corrected chi connectivity index (χ1v) is 7.99. The first-order valence-electron chi connectivity index (χ1n) is 7.17. The van der Waals surface area contributed by atoms with E-state index in [1.54, 1.807) is 19.0 Å². The molecule has 24 heavy (non-hydrogen) atoms. The molecule has 1 aliphatic heterocycles. The van der Waals surface area contributed by atoms with Gasteiger partial charge in [-0.25, -0.2) is 4.99 Å². The second-order valence-corrected chi connectivity index (χ2v) is 6.52. The Morgan fingerprint density at radius 3 is 2.88 bits per heavy atom. The quantitative estimate of drug-likeness (QED) is 0.490. The fourth-order valence-corrected chi connectivity index (χ4v) is 3.26. The van der Waals surface area contributed by atoms with Crippen molar-refractivity contribution in [3.05, 3.63) is 9.67 Å². The van der Waals surface area contributed by atoms with Crippen molar-refractivity contribution in [2.24, 2.45) is 4.99 Å². The molecule has 3 rings (SSSR count). The van der Waals surface area contributed by atoms with Gasteiger partial charge in [0.05, 0.1) is 19.0 Å². The first kappa shape index (κ1) is 16.8. The van der Waals surface area contributed by atoms with E-state index in [1.165, 1.54) is 10.9 Å². The number of thiazole rings is 1. The van der Waals surface area contributed by atoms with Crippen LogP contribution < -0.4 is 4.87 Å². The molecule has 0 aromatic carbocycles. The van der Waals surface area contributed by atoms with Crippen molar-refractivity contribution in [1.82, 2.24) is 19.4 Å². The fourth-order valence-electron chi connectivity index (χ4n) is 2.41.